The lowest BCUT2D eigenvalue weighted by molar-refractivity contribution is 0.321. The average molecular weight is 309 g/mol. The summed E-state index contributed by atoms with van der Waals surface area (Å²) >= 11 is 8.36. The molecule has 0 saturated heterocycles. The second-order valence-corrected chi connectivity index (χ2v) is 7.83. The second-order valence-electron chi connectivity index (χ2n) is 5.91. The van der Waals surface area contributed by atoms with Gasteiger partial charge in [-0.3, -0.25) is 0 Å². The van der Waals surface area contributed by atoms with Gasteiger partial charge in [-0.25, -0.2) is 4.98 Å². The van der Waals surface area contributed by atoms with Crippen LogP contribution in [0.25, 0.3) is 11.0 Å². The van der Waals surface area contributed by atoms with Gasteiger partial charge in [0.1, 0.15) is 5.82 Å². The quantitative estimate of drug-likeness (QED) is 0.745. The molecule has 1 aliphatic carbocycles. The first kappa shape index (κ1) is 14.3. The lowest BCUT2D eigenvalue weighted by Gasteiger charge is -2.41. The van der Waals surface area contributed by atoms with Crippen LogP contribution in [0.1, 0.15) is 43.0 Å². The molecule has 1 aliphatic rings. The van der Waals surface area contributed by atoms with Crippen LogP contribution < -0.4 is 0 Å². The normalized spacial score (nSPS) is 19.0. The van der Waals surface area contributed by atoms with Gasteiger partial charge in [0.2, 0.25) is 0 Å². The van der Waals surface area contributed by atoms with Crippen molar-refractivity contribution in [1.82, 2.24) is 9.55 Å². The second kappa shape index (κ2) is 5.27. The number of hydrogen-bond donors (Lipinski definition) is 0. The standard InChI is InChI=1S/C16H21ClN2S/c1-11-5-6-13-14(9-11)19(15(18-13)12(2)17)10-16(20-3)7-4-8-16/h5-6,9,12H,4,7-8,10H2,1-3H3. The molecular formula is C16H21ClN2S. The first-order chi connectivity index (χ1) is 9.54. The SMILES string of the molecule is CSC1(Cn2c(C(C)Cl)nc3ccc(C)cc32)CCC1. The molecule has 1 saturated carbocycles. The van der Waals surface area contributed by atoms with Crippen molar-refractivity contribution in [1.29, 1.82) is 0 Å². The summed E-state index contributed by atoms with van der Waals surface area (Å²) in [4.78, 5) is 4.75. The minimum absolute atomic E-state index is 0.0540. The Morgan fingerprint density at radius 3 is 2.75 bits per heavy atom. The molecule has 2 aromatic rings. The number of hydrogen-bond acceptors (Lipinski definition) is 2. The molecule has 0 radical (unpaired) electrons. The third-order valence-corrected chi connectivity index (χ3v) is 6.03. The van der Waals surface area contributed by atoms with Crippen molar-refractivity contribution in [2.24, 2.45) is 0 Å². The highest BCUT2D eigenvalue weighted by Gasteiger charge is 2.37. The van der Waals surface area contributed by atoms with Gasteiger partial charge < -0.3 is 4.57 Å². The molecule has 2 nitrogen and oxygen atoms in total. The van der Waals surface area contributed by atoms with E-state index in [1.807, 2.05) is 18.7 Å². The highest BCUT2D eigenvalue weighted by Crippen LogP contribution is 2.45. The fourth-order valence-electron chi connectivity index (χ4n) is 3.01. The van der Waals surface area contributed by atoms with Crippen LogP contribution in [0, 0.1) is 6.92 Å². The molecule has 1 fully saturated rings. The number of halogens is 1. The Bertz CT molecular complexity index is 623. The summed E-state index contributed by atoms with van der Waals surface area (Å²) < 4.78 is 2.74. The third kappa shape index (κ3) is 2.35. The van der Waals surface area contributed by atoms with E-state index in [0.717, 1.165) is 17.9 Å². The molecule has 0 bridgehead atoms. The fourth-order valence-corrected chi connectivity index (χ4v) is 4.13. The zero-order chi connectivity index (χ0) is 14.3. The molecule has 4 heteroatoms. The Morgan fingerprint density at radius 1 is 1.45 bits per heavy atom. The van der Waals surface area contributed by atoms with Gasteiger partial charge in [0.05, 0.1) is 16.4 Å². The molecule has 1 aromatic carbocycles. The Labute approximate surface area is 129 Å². The fraction of sp³-hybridized carbons (Fsp3) is 0.562. The molecule has 3 rings (SSSR count). The Kier molecular flexibility index (Phi) is 3.76. The van der Waals surface area contributed by atoms with Crippen molar-refractivity contribution in [2.45, 2.75) is 49.8 Å². The van der Waals surface area contributed by atoms with Gasteiger partial charge in [0.15, 0.2) is 0 Å². The van der Waals surface area contributed by atoms with E-state index in [1.54, 1.807) is 0 Å². The van der Waals surface area contributed by atoms with E-state index in [-0.39, 0.29) is 5.38 Å². The van der Waals surface area contributed by atoms with Crippen molar-refractivity contribution in [3.63, 3.8) is 0 Å². The van der Waals surface area contributed by atoms with Crippen molar-refractivity contribution >= 4 is 34.4 Å². The predicted molar refractivity (Wildman–Crippen MR) is 88.8 cm³/mol. The molecule has 1 heterocycles. The molecular weight excluding hydrogens is 288 g/mol. The van der Waals surface area contributed by atoms with Gasteiger partial charge in [-0.05, 0) is 50.6 Å². The maximum atomic E-state index is 6.36. The van der Waals surface area contributed by atoms with E-state index in [1.165, 1.54) is 30.3 Å². The molecule has 1 unspecified atom stereocenters. The van der Waals surface area contributed by atoms with Crippen LogP contribution in [0.15, 0.2) is 18.2 Å². The van der Waals surface area contributed by atoms with Crippen LogP contribution in [-0.4, -0.2) is 20.6 Å². The number of aromatic nitrogens is 2. The summed E-state index contributed by atoms with van der Waals surface area (Å²) in [5, 5.41) is -0.0540. The predicted octanol–water partition coefficient (Wildman–Crippen LogP) is 4.93. The summed E-state index contributed by atoms with van der Waals surface area (Å²) in [5.74, 6) is 1.01. The number of alkyl halides is 1. The number of aryl methyl sites for hydroxylation is 1. The van der Waals surface area contributed by atoms with Crippen LogP contribution in [0.5, 0.6) is 0 Å². The molecule has 0 aliphatic heterocycles. The van der Waals surface area contributed by atoms with Crippen molar-refractivity contribution in [3.8, 4) is 0 Å². The van der Waals surface area contributed by atoms with Crippen LogP contribution in [-0.2, 0) is 6.54 Å². The Morgan fingerprint density at radius 2 is 2.20 bits per heavy atom. The largest absolute Gasteiger partial charge is 0.325 e. The molecule has 108 valence electrons. The summed E-state index contributed by atoms with van der Waals surface area (Å²) in [5.41, 5.74) is 3.57. The van der Waals surface area contributed by atoms with Gasteiger partial charge >= 0.3 is 0 Å². The van der Waals surface area contributed by atoms with E-state index in [0.29, 0.717) is 4.75 Å². The lowest BCUT2D eigenvalue weighted by Crippen LogP contribution is -2.38. The zero-order valence-corrected chi connectivity index (χ0v) is 13.9. The Balaban J connectivity index is 2.10. The van der Waals surface area contributed by atoms with Crippen molar-refractivity contribution in [3.05, 3.63) is 29.6 Å². The minimum atomic E-state index is -0.0540. The van der Waals surface area contributed by atoms with Crippen molar-refractivity contribution in [2.75, 3.05) is 6.26 Å². The first-order valence-corrected chi connectivity index (χ1v) is 8.87. The summed E-state index contributed by atoms with van der Waals surface area (Å²) in [7, 11) is 0. The number of rotatable bonds is 4. The number of benzene rings is 1. The molecule has 20 heavy (non-hydrogen) atoms. The van der Waals surface area contributed by atoms with E-state index in [4.69, 9.17) is 16.6 Å². The van der Waals surface area contributed by atoms with Gasteiger partial charge in [-0.15, -0.1) is 11.6 Å². The monoisotopic (exact) mass is 308 g/mol. The zero-order valence-electron chi connectivity index (χ0n) is 12.3. The van der Waals surface area contributed by atoms with Crippen LogP contribution >= 0.6 is 23.4 Å². The average Bonchev–Trinajstić information content (AvgIpc) is 2.72. The highest BCUT2D eigenvalue weighted by molar-refractivity contribution is 8.00. The van der Waals surface area contributed by atoms with Gasteiger partial charge in [-0.1, -0.05) is 12.5 Å². The molecule has 0 N–H and O–H groups in total. The van der Waals surface area contributed by atoms with E-state index >= 15 is 0 Å². The summed E-state index contributed by atoms with van der Waals surface area (Å²) in [6.45, 7) is 5.17. The molecule has 0 spiro atoms. The van der Waals surface area contributed by atoms with E-state index in [2.05, 4.69) is 35.9 Å². The Hall–Kier alpha value is -0.670. The maximum Gasteiger partial charge on any atom is 0.127 e. The summed E-state index contributed by atoms with van der Waals surface area (Å²) in [6.07, 6.45) is 6.18. The minimum Gasteiger partial charge on any atom is -0.325 e. The summed E-state index contributed by atoms with van der Waals surface area (Å²) in [6, 6.07) is 6.46. The van der Waals surface area contributed by atoms with E-state index < -0.39 is 0 Å². The number of fused-ring (bicyclic) bond motifs is 1. The highest BCUT2D eigenvalue weighted by atomic mass is 35.5. The number of imidazole rings is 1. The van der Waals surface area contributed by atoms with Gasteiger partial charge in [0, 0.05) is 11.3 Å². The number of nitrogens with zero attached hydrogens (tertiary/aromatic N) is 2. The smallest absolute Gasteiger partial charge is 0.127 e. The van der Waals surface area contributed by atoms with Crippen LogP contribution in [0.4, 0.5) is 0 Å². The van der Waals surface area contributed by atoms with Gasteiger partial charge in [0.25, 0.3) is 0 Å². The molecule has 1 aromatic heterocycles. The molecule has 1 atom stereocenters. The van der Waals surface area contributed by atoms with Crippen LogP contribution in [0.3, 0.4) is 0 Å². The maximum absolute atomic E-state index is 6.36. The molecule has 0 amide bonds. The first-order valence-electron chi connectivity index (χ1n) is 7.21. The lowest BCUT2D eigenvalue weighted by atomic mass is 9.84. The van der Waals surface area contributed by atoms with Gasteiger partial charge in [-0.2, -0.15) is 11.8 Å². The van der Waals surface area contributed by atoms with Crippen molar-refractivity contribution < 1.29 is 0 Å². The number of thioether (sulfide) groups is 1. The third-order valence-electron chi connectivity index (χ3n) is 4.43. The van der Waals surface area contributed by atoms with E-state index in [9.17, 15) is 0 Å². The topological polar surface area (TPSA) is 17.8 Å². The van der Waals surface area contributed by atoms with Crippen LogP contribution in [0.2, 0.25) is 0 Å².